The molecule has 2 rings (SSSR count). The molecule has 1 aromatic heterocycles. The van der Waals surface area contributed by atoms with Gasteiger partial charge in [-0.2, -0.15) is 4.31 Å². The first-order valence-electron chi connectivity index (χ1n) is 6.20. The molecule has 10 heteroatoms. The number of hydrogen-bond donors (Lipinski definition) is 1. The van der Waals surface area contributed by atoms with Gasteiger partial charge in [-0.25, -0.2) is 8.42 Å². The number of aromatic nitrogens is 3. The number of hydrogen-bond acceptors (Lipinski definition) is 5. The molecule has 2 aromatic rings. The van der Waals surface area contributed by atoms with Crippen molar-refractivity contribution in [3.8, 4) is 0 Å². The minimum absolute atomic E-state index is 0.0295. The molecule has 0 bridgehead atoms. The highest BCUT2D eigenvalue weighted by Crippen LogP contribution is 2.31. The van der Waals surface area contributed by atoms with Crippen LogP contribution < -0.4 is 5.73 Å². The zero-order valence-electron chi connectivity index (χ0n) is 12.2. The normalized spacial score (nSPS) is 12.1. The molecule has 1 heterocycles. The quantitative estimate of drug-likeness (QED) is 0.836. The standard InChI is InChI=1S/C12H15Cl2N5O2S/c1-7-16-17-11(19(7)3)6-18(2)22(20,21)8-4-9(13)12(15)10(14)5-8/h4-5H,6,15H2,1-3H3. The van der Waals surface area contributed by atoms with Crippen molar-refractivity contribution < 1.29 is 8.42 Å². The Bertz CT molecular complexity index is 796. The fourth-order valence-electron chi connectivity index (χ4n) is 1.76. The maximum absolute atomic E-state index is 12.6. The van der Waals surface area contributed by atoms with E-state index in [0.717, 1.165) is 4.31 Å². The van der Waals surface area contributed by atoms with Crippen molar-refractivity contribution in [3.63, 3.8) is 0 Å². The third-order valence-electron chi connectivity index (χ3n) is 3.31. The molecule has 0 fully saturated rings. The summed E-state index contributed by atoms with van der Waals surface area (Å²) in [4.78, 5) is -0.0295. The Hall–Kier alpha value is -1.35. The Morgan fingerprint density at radius 1 is 1.27 bits per heavy atom. The fraction of sp³-hybridized carbons (Fsp3) is 0.333. The van der Waals surface area contributed by atoms with Gasteiger partial charge in [0, 0.05) is 14.1 Å². The van der Waals surface area contributed by atoms with Gasteiger partial charge in [0.15, 0.2) is 0 Å². The summed E-state index contributed by atoms with van der Waals surface area (Å²) >= 11 is 11.8. The van der Waals surface area contributed by atoms with Crippen LogP contribution in [0.2, 0.25) is 10.0 Å². The molecular formula is C12H15Cl2N5O2S. The zero-order chi connectivity index (χ0) is 16.7. The highest BCUT2D eigenvalue weighted by Gasteiger charge is 2.24. The topological polar surface area (TPSA) is 94.1 Å². The maximum atomic E-state index is 12.6. The van der Waals surface area contributed by atoms with Gasteiger partial charge in [0.2, 0.25) is 10.0 Å². The lowest BCUT2D eigenvalue weighted by Crippen LogP contribution is -2.28. The van der Waals surface area contributed by atoms with Crippen LogP contribution in [0.25, 0.3) is 0 Å². The van der Waals surface area contributed by atoms with E-state index in [1.165, 1.54) is 19.2 Å². The highest BCUT2D eigenvalue weighted by atomic mass is 35.5. The first-order valence-corrected chi connectivity index (χ1v) is 8.40. The van der Waals surface area contributed by atoms with Gasteiger partial charge in [-0.15, -0.1) is 10.2 Å². The second-order valence-electron chi connectivity index (χ2n) is 4.78. The number of halogens is 2. The largest absolute Gasteiger partial charge is 0.396 e. The number of nitrogens with two attached hydrogens (primary N) is 1. The van der Waals surface area contributed by atoms with Gasteiger partial charge in [0.1, 0.15) is 11.6 Å². The molecule has 0 radical (unpaired) electrons. The number of sulfonamides is 1. The second kappa shape index (κ2) is 6.04. The summed E-state index contributed by atoms with van der Waals surface area (Å²) in [6, 6.07) is 2.55. The minimum Gasteiger partial charge on any atom is -0.396 e. The molecule has 0 aliphatic rings. The Labute approximate surface area is 138 Å². The van der Waals surface area contributed by atoms with Crippen molar-refractivity contribution in [1.29, 1.82) is 0 Å². The van der Waals surface area contributed by atoms with Gasteiger partial charge in [-0.1, -0.05) is 23.2 Å². The van der Waals surface area contributed by atoms with Gasteiger partial charge < -0.3 is 10.3 Å². The molecule has 0 atom stereocenters. The molecule has 2 N–H and O–H groups in total. The van der Waals surface area contributed by atoms with Gasteiger partial charge in [-0.05, 0) is 19.1 Å². The Balaban J connectivity index is 2.36. The van der Waals surface area contributed by atoms with Crippen LogP contribution in [-0.2, 0) is 23.6 Å². The molecule has 7 nitrogen and oxygen atoms in total. The first-order chi connectivity index (χ1) is 10.1. The highest BCUT2D eigenvalue weighted by molar-refractivity contribution is 7.89. The van der Waals surface area contributed by atoms with E-state index in [1.807, 2.05) is 0 Å². The van der Waals surface area contributed by atoms with Crippen LogP contribution in [0.4, 0.5) is 5.69 Å². The number of nitrogens with zero attached hydrogens (tertiary/aromatic N) is 4. The third-order valence-corrected chi connectivity index (χ3v) is 5.71. The van der Waals surface area contributed by atoms with Crippen LogP contribution in [0.3, 0.4) is 0 Å². The van der Waals surface area contributed by atoms with Crippen LogP contribution in [0, 0.1) is 6.92 Å². The van der Waals surface area contributed by atoms with E-state index in [1.54, 1.807) is 18.5 Å². The lowest BCUT2D eigenvalue weighted by molar-refractivity contribution is 0.450. The molecule has 22 heavy (non-hydrogen) atoms. The molecule has 0 saturated carbocycles. The Morgan fingerprint density at radius 3 is 2.27 bits per heavy atom. The first kappa shape index (κ1) is 17.0. The molecule has 0 amide bonds. The van der Waals surface area contributed by atoms with Crippen LogP contribution in [-0.4, -0.2) is 34.5 Å². The fourth-order valence-corrected chi connectivity index (χ4v) is 3.56. The lowest BCUT2D eigenvalue weighted by Gasteiger charge is -2.17. The average Bonchev–Trinajstić information content (AvgIpc) is 2.76. The number of nitrogen functional groups attached to an aromatic ring is 1. The summed E-state index contributed by atoms with van der Waals surface area (Å²) in [5.41, 5.74) is 5.77. The van der Waals surface area contributed by atoms with E-state index in [0.29, 0.717) is 11.6 Å². The van der Waals surface area contributed by atoms with Crippen LogP contribution >= 0.6 is 23.2 Å². The Morgan fingerprint density at radius 2 is 1.82 bits per heavy atom. The SMILES string of the molecule is Cc1nnc(CN(C)S(=O)(=O)c2cc(Cl)c(N)c(Cl)c2)n1C. The monoisotopic (exact) mass is 363 g/mol. The van der Waals surface area contributed by atoms with Crippen molar-refractivity contribution in [2.24, 2.45) is 7.05 Å². The van der Waals surface area contributed by atoms with E-state index >= 15 is 0 Å². The number of anilines is 1. The van der Waals surface area contributed by atoms with E-state index in [-0.39, 0.29) is 27.2 Å². The lowest BCUT2D eigenvalue weighted by atomic mass is 10.3. The average molecular weight is 364 g/mol. The third kappa shape index (κ3) is 3.05. The predicted molar refractivity (Wildman–Crippen MR) is 85.3 cm³/mol. The van der Waals surface area contributed by atoms with Crippen LogP contribution in [0.15, 0.2) is 17.0 Å². The smallest absolute Gasteiger partial charge is 0.243 e. The molecule has 0 unspecified atom stereocenters. The zero-order valence-corrected chi connectivity index (χ0v) is 14.5. The van der Waals surface area contributed by atoms with Crippen LogP contribution in [0.5, 0.6) is 0 Å². The van der Waals surface area contributed by atoms with Crippen molar-refractivity contribution in [2.45, 2.75) is 18.4 Å². The van der Waals surface area contributed by atoms with Crippen molar-refractivity contribution in [2.75, 3.05) is 12.8 Å². The summed E-state index contributed by atoms with van der Waals surface area (Å²) in [5.74, 6) is 1.22. The van der Waals surface area contributed by atoms with Crippen molar-refractivity contribution in [1.82, 2.24) is 19.1 Å². The van der Waals surface area contributed by atoms with E-state index in [9.17, 15) is 8.42 Å². The predicted octanol–water partition coefficient (Wildman–Crippen LogP) is 1.83. The number of aryl methyl sites for hydroxylation is 1. The minimum atomic E-state index is -3.78. The molecule has 0 saturated heterocycles. The van der Waals surface area contributed by atoms with E-state index < -0.39 is 10.0 Å². The Kier molecular flexibility index (Phi) is 4.67. The molecular weight excluding hydrogens is 349 g/mol. The van der Waals surface area contributed by atoms with Crippen LogP contribution in [0.1, 0.15) is 11.6 Å². The number of rotatable bonds is 4. The molecule has 120 valence electrons. The molecule has 0 aliphatic carbocycles. The summed E-state index contributed by atoms with van der Waals surface area (Å²) in [7, 11) is -0.571. The maximum Gasteiger partial charge on any atom is 0.243 e. The summed E-state index contributed by atoms with van der Waals surface area (Å²) in [6.45, 7) is 1.85. The number of benzene rings is 1. The molecule has 1 aromatic carbocycles. The van der Waals surface area contributed by atoms with Gasteiger partial charge >= 0.3 is 0 Å². The second-order valence-corrected chi connectivity index (χ2v) is 7.64. The summed E-state index contributed by atoms with van der Waals surface area (Å²) in [5, 5.41) is 8.03. The van der Waals surface area contributed by atoms with Crippen molar-refractivity contribution in [3.05, 3.63) is 33.8 Å². The molecule has 0 aliphatic heterocycles. The van der Waals surface area contributed by atoms with Gasteiger partial charge in [-0.3, -0.25) is 0 Å². The molecule has 0 spiro atoms. The summed E-state index contributed by atoms with van der Waals surface area (Å²) in [6.07, 6.45) is 0. The summed E-state index contributed by atoms with van der Waals surface area (Å²) < 4.78 is 28.0. The van der Waals surface area contributed by atoms with Gasteiger partial charge in [0.25, 0.3) is 0 Å². The van der Waals surface area contributed by atoms with Gasteiger partial charge in [0.05, 0.1) is 27.2 Å². The van der Waals surface area contributed by atoms with E-state index in [4.69, 9.17) is 28.9 Å². The van der Waals surface area contributed by atoms with Crippen molar-refractivity contribution >= 4 is 38.9 Å². The van der Waals surface area contributed by atoms with E-state index in [2.05, 4.69) is 10.2 Å².